The van der Waals surface area contributed by atoms with Crippen molar-refractivity contribution in [3.63, 3.8) is 0 Å². The number of nitrogens with one attached hydrogen (secondary N) is 2. The number of aliphatic hydroxyl groups is 1. The van der Waals surface area contributed by atoms with E-state index in [1.54, 1.807) is 0 Å². The number of carbonyl (C=O) groups excluding carboxylic acids is 1. The molecule has 0 bridgehead atoms. The van der Waals surface area contributed by atoms with Gasteiger partial charge in [0.05, 0.1) is 18.3 Å². The maximum Gasteiger partial charge on any atom is 0.315 e. The zero-order valence-corrected chi connectivity index (χ0v) is 13.4. The molecule has 1 heterocycles. The van der Waals surface area contributed by atoms with Crippen LogP contribution in [0, 0.1) is 5.92 Å². The molecule has 0 aliphatic heterocycles. The molecule has 2 atom stereocenters. The van der Waals surface area contributed by atoms with Crippen molar-refractivity contribution in [3.05, 3.63) is 23.9 Å². The van der Waals surface area contributed by atoms with Gasteiger partial charge in [0.1, 0.15) is 5.82 Å². The highest BCUT2D eigenvalue weighted by atomic mass is 16.3. The van der Waals surface area contributed by atoms with E-state index in [1.165, 1.54) is 0 Å². The number of hydrogen-bond donors (Lipinski definition) is 3. The molecule has 1 saturated carbocycles. The van der Waals surface area contributed by atoms with Gasteiger partial charge in [-0.25, -0.2) is 9.78 Å². The van der Waals surface area contributed by atoms with E-state index in [4.69, 9.17) is 0 Å². The van der Waals surface area contributed by atoms with Gasteiger partial charge < -0.3 is 20.6 Å². The summed E-state index contributed by atoms with van der Waals surface area (Å²) in [6, 6.07) is 5.57. The highest BCUT2D eigenvalue weighted by Crippen LogP contribution is 2.23. The first-order valence-corrected chi connectivity index (χ1v) is 7.87. The molecule has 2 rings (SSSR count). The Morgan fingerprint density at radius 1 is 1.36 bits per heavy atom. The second-order valence-corrected chi connectivity index (χ2v) is 6.13. The molecule has 0 aromatic carbocycles. The number of urea groups is 1. The van der Waals surface area contributed by atoms with Crippen LogP contribution in [0.5, 0.6) is 0 Å². The Morgan fingerprint density at radius 2 is 2.18 bits per heavy atom. The Hall–Kier alpha value is -1.82. The quantitative estimate of drug-likeness (QED) is 0.770. The SMILES string of the molecule is CN(C)c1cccc(CNC(=O)NCC2CCCC(O)C2)n1. The fraction of sp³-hybridized carbons (Fsp3) is 0.625. The minimum Gasteiger partial charge on any atom is -0.393 e. The van der Waals surface area contributed by atoms with Crippen molar-refractivity contribution in [2.24, 2.45) is 5.92 Å². The van der Waals surface area contributed by atoms with Gasteiger partial charge in [-0.05, 0) is 37.3 Å². The zero-order chi connectivity index (χ0) is 15.9. The summed E-state index contributed by atoms with van der Waals surface area (Å²) in [5, 5.41) is 15.3. The topological polar surface area (TPSA) is 77.5 Å². The van der Waals surface area contributed by atoms with Crippen LogP contribution in [0.3, 0.4) is 0 Å². The smallest absolute Gasteiger partial charge is 0.315 e. The Kier molecular flexibility index (Phi) is 6.00. The highest BCUT2D eigenvalue weighted by molar-refractivity contribution is 5.73. The Labute approximate surface area is 131 Å². The van der Waals surface area contributed by atoms with Gasteiger partial charge in [0.15, 0.2) is 0 Å². The lowest BCUT2D eigenvalue weighted by Gasteiger charge is -2.25. The molecule has 122 valence electrons. The molecule has 1 aliphatic carbocycles. The van der Waals surface area contributed by atoms with Gasteiger partial charge in [-0.1, -0.05) is 12.5 Å². The number of pyridine rings is 1. The molecule has 1 fully saturated rings. The van der Waals surface area contributed by atoms with Gasteiger partial charge >= 0.3 is 6.03 Å². The summed E-state index contributed by atoms with van der Waals surface area (Å²) in [6.45, 7) is 1.02. The number of nitrogens with zero attached hydrogens (tertiary/aromatic N) is 2. The van der Waals surface area contributed by atoms with E-state index in [0.717, 1.165) is 37.2 Å². The van der Waals surface area contributed by atoms with Crippen LogP contribution >= 0.6 is 0 Å². The van der Waals surface area contributed by atoms with E-state index in [-0.39, 0.29) is 12.1 Å². The number of hydrogen-bond acceptors (Lipinski definition) is 4. The van der Waals surface area contributed by atoms with Crippen LogP contribution in [-0.2, 0) is 6.54 Å². The molecule has 2 amide bonds. The summed E-state index contributed by atoms with van der Waals surface area (Å²) in [5.41, 5.74) is 0.828. The predicted octanol–water partition coefficient (Wildman–Crippen LogP) is 1.50. The maximum atomic E-state index is 11.8. The van der Waals surface area contributed by atoms with Gasteiger partial charge in [0, 0.05) is 20.6 Å². The largest absolute Gasteiger partial charge is 0.393 e. The van der Waals surface area contributed by atoms with Crippen LogP contribution in [0.25, 0.3) is 0 Å². The van der Waals surface area contributed by atoms with Crippen LogP contribution in [-0.4, -0.2) is 42.9 Å². The summed E-state index contributed by atoms with van der Waals surface area (Å²) in [7, 11) is 3.87. The molecule has 1 aromatic rings. The lowest BCUT2D eigenvalue weighted by atomic mass is 9.87. The Morgan fingerprint density at radius 3 is 2.91 bits per heavy atom. The predicted molar refractivity (Wildman–Crippen MR) is 86.8 cm³/mol. The van der Waals surface area contributed by atoms with Crippen molar-refractivity contribution >= 4 is 11.8 Å². The summed E-state index contributed by atoms with van der Waals surface area (Å²) in [5.74, 6) is 1.25. The molecule has 6 nitrogen and oxygen atoms in total. The summed E-state index contributed by atoms with van der Waals surface area (Å²) >= 11 is 0. The monoisotopic (exact) mass is 306 g/mol. The first-order chi connectivity index (χ1) is 10.5. The zero-order valence-electron chi connectivity index (χ0n) is 13.4. The van der Waals surface area contributed by atoms with Crippen LogP contribution < -0.4 is 15.5 Å². The summed E-state index contributed by atoms with van der Waals surface area (Å²) in [6.07, 6.45) is 3.57. The third kappa shape index (κ3) is 5.18. The van der Waals surface area contributed by atoms with Gasteiger partial charge in [-0.3, -0.25) is 0 Å². The van der Waals surface area contributed by atoms with Crippen molar-refractivity contribution in [2.45, 2.75) is 38.3 Å². The molecule has 1 aromatic heterocycles. The van der Waals surface area contributed by atoms with Crippen LogP contribution in [0.4, 0.5) is 10.6 Å². The van der Waals surface area contributed by atoms with Gasteiger partial charge in [-0.2, -0.15) is 0 Å². The average Bonchev–Trinajstić information content (AvgIpc) is 2.51. The van der Waals surface area contributed by atoms with Crippen LogP contribution in [0.1, 0.15) is 31.4 Å². The number of aliphatic hydroxyl groups excluding tert-OH is 1. The van der Waals surface area contributed by atoms with Crippen molar-refractivity contribution in [1.82, 2.24) is 15.6 Å². The third-order valence-corrected chi connectivity index (χ3v) is 3.99. The molecule has 1 aliphatic rings. The average molecular weight is 306 g/mol. The van der Waals surface area contributed by atoms with Crippen molar-refractivity contribution in [2.75, 3.05) is 25.5 Å². The van der Waals surface area contributed by atoms with E-state index in [0.29, 0.717) is 19.0 Å². The minimum atomic E-state index is -0.207. The first-order valence-electron chi connectivity index (χ1n) is 7.87. The second kappa shape index (κ2) is 7.98. The lowest BCUT2D eigenvalue weighted by molar-refractivity contribution is 0.101. The lowest BCUT2D eigenvalue weighted by Crippen LogP contribution is -2.39. The molecule has 0 spiro atoms. The van der Waals surface area contributed by atoms with Gasteiger partial charge in [-0.15, -0.1) is 0 Å². The number of carbonyl (C=O) groups is 1. The number of amides is 2. The molecule has 22 heavy (non-hydrogen) atoms. The highest BCUT2D eigenvalue weighted by Gasteiger charge is 2.20. The number of rotatable bonds is 5. The first kappa shape index (κ1) is 16.5. The molecule has 0 radical (unpaired) electrons. The van der Waals surface area contributed by atoms with E-state index in [9.17, 15) is 9.90 Å². The molecular weight excluding hydrogens is 280 g/mol. The van der Waals surface area contributed by atoms with E-state index >= 15 is 0 Å². The fourth-order valence-corrected chi connectivity index (χ4v) is 2.73. The van der Waals surface area contributed by atoms with Crippen molar-refractivity contribution in [3.8, 4) is 0 Å². The third-order valence-electron chi connectivity index (χ3n) is 3.99. The van der Waals surface area contributed by atoms with Crippen molar-refractivity contribution in [1.29, 1.82) is 0 Å². The van der Waals surface area contributed by atoms with Gasteiger partial charge in [0.25, 0.3) is 0 Å². The Balaban J connectivity index is 1.72. The summed E-state index contributed by atoms with van der Waals surface area (Å²) < 4.78 is 0. The van der Waals surface area contributed by atoms with Gasteiger partial charge in [0.2, 0.25) is 0 Å². The second-order valence-electron chi connectivity index (χ2n) is 6.13. The molecule has 6 heteroatoms. The van der Waals surface area contributed by atoms with Crippen LogP contribution in [0.2, 0.25) is 0 Å². The molecule has 3 N–H and O–H groups in total. The normalized spacial score (nSPS) is 21.2. The van der Waals surface area contributed by atoms with Crippen LogP contribution in [0.15, 0.2) is 18.2 Å². The Bertz CT molecular complexity index is 493. The molecular formula is C16H26N4O2. The van der Waals surface area contributed by atoms with Crippen molar-refractivity contribution < 1.29 is 9.90 Å². The van der Waals surface area contributed by atoms with E-state index in [1.807, 2.05) is 37.2 Å². The number of anilines is 1. The standard InChI is InChI=1S/C16H26N4O2/c1-20(2)15-8-4-6-13(19-15)11-18-16(22)17-10-12-5-3-7-14(21)9-12/h4,6,8,12,14,21H,3,5,7,9-11H2,1-2H3,(H2,17,18,22). The van der Waals surface area contributed by atoms with E-state index < -0.39 is 0 Å². The minimum absolute atomic E-state index is 0.183. The summed E-state index contributed by atoms with van der Waals surface area (Å²) in [4.78, 5) is 18.2. The van der Waals surface area contributed by atoms with E-state index in [2.05, 4.69) is 15.6 Å². The molecule has 2 unspecified atom stereocenters. The number of aromatic nitrogens is 1. The fourth-order valence-electron chi connectivity index (χ4n) is 2.73. The molecule has 0 saturated heterocycles. The maximum absolute atomic E-state index is 11.8.